The van der Waals surface area contributed by atoms with Crippen LogP contribution in [0.25, 0.3) is 0 Å². The van der Waals surface area contributed by atoms with Crippen LogP contribution in [-0.4, -0.2) is 17.5 Å². The molecule has 1 aliphatic heterocycles. The Morgan fingerprint density at radius 1 is 1.12 bits per heavy atom. The Balaban J connectivity index is 1.86. The van der Waals surface area contributed by atoms with Gasteiger partial charge in [0.25, 0.3) is 0 Å². The van der Waals surface area contributed by atoms with Gasteiger partial charge in [-0.1, -0.05) is 50.2 Å². The highest BCUT2D eigenvalue weighted by Crippen LogP contribution is 2.40. The molecule has 1 saturated heterocycles. The van der Waals surface area contributed by atoms with Gasteiger partial charge in [-0.3, -0.25) is 0 Å². The Morgan fingerprint density at radius 2 is 1.80 bits per heavy atom. The van der Waals surface area contributed by atoms with Gasteiger partial charge in [0.05, 0.1) is 12.1 Å². The number of hydrogen-bond donors (Lipinski definition) is 1. The minimum Gasteiger partial charge on any atom is -0.331 e. The fourth-order valence-corrected chi connectivity index (χ4v) is 3.45. The standard InChI is InChI=1S/C20H22F2N2O/c1-13(14-7-5-4-6-8-14)24-12-20(2,3)18(23-19(24)25)15-9-10-16(21)17(22)11-15/h4-11,13,18H,12H2,1-3H3,(H,23,25)/t13-,18?/m1/s1. The van der Waals surface area contributed by atoms with Crippen molar-refractivity contribution < 1.29 is 13.6 Å². The maximum absolute atomic E-state index is 13.6. The second kappa shape index (κ2) is 6.47. The molecule has 132 valence electrons. The quantitative estimate of drug-likeness (QED) is 0.851. The summed E-state index contributed by atoms with van der Waals surface area (Å²) in [6.07, 6.45) is 0. The molecule has 0 saturated carbocycles. The molecule has 0 radical (unpaired) electrons. The van der Waals surface area contributed by atoms with Crippen LogP contribution in [0.5, 0.6) is 0 Å². The number of hydrogen-bond acceptors (Lipinski definition) is 1. The molecule has 3 nitrogen and oxygen atoms in total. The molecule has 1 fully saturated rings. The predicted octanol–water partition coefficient (Wildman–Crippen LogP) is 4.82. The first-order valence-corrected chi connectivity index (χ1v) is 8.36. The van der Waals surface area contributed by atoms with E-state index < -0.39 is 11.6 Å². The third-order valence-electron chi connectivity index (χ3n) is 4.91. The van der Waals surface area contributed by atoms with Gasteiger partial charge < -0.3 is 10.2 Å². The monoisotopic (exact) mass is 344 g/mol. The molecule has 2 amide bonds. The average molecular weight is 344 g/mol. The van der Waals surface area contributed by atoms with Gasteiger partial charge in [-0.05, 0) is 30.2 Å². The highest BCUT2D eigenvalue weighted by Gasteiger charge is 2.42. The molecule has 2 atom stereocenters. The fraction of sp³-hybridized carbons (Fsp3) is 0.350. The molecule has 3 rings (SSSR count). The van der Waals surface area contributed by atoms with E-state index >= 15 is 0 Å². The number of nitrogens with zero attached hydrogens (tertiary/aromatic N) is 1. The number of carbonyl (C=O) groups excluding carboxylic acids is 1. The van der Waals surface area contributed by atoms with Crippen LogP contribution in [0.1, 0.15) is 44.0 Å². The number of nitrogens with one attached hydrogen (secondary N) is 1. The number of urea groups is 1. The Labute approximate surface area is 146 Å². The van der Waals surface area contributed by atoms with E-state index in [1.165, 1.54) is 6.07 Å². The van der Waals surface area contributed by atoms with Crippen LogP contribution < -0.4 is 5.32 Å². The van der Waals surface area contributed by atoms with Gasteiger partial charge in [0.15, 0.2) is 11.6 Å². The highest BCUT2D eigenvalue weighted by molar-refractivity contribution is 5.76. The van der Waals surface area contributed by atoms with E-state index in [0.717, 1.165) is 17.7 Å². The van der Waals surface area contributed by atoms with Crippen molar-refractivity contribution in [2.45, 2.75) is 32.9 Å². The number of rotatable bonds is 3. The van der Waals surface area contributed by atoms with Crippen LogP contribution in [0.2, 0.25) is 0 Å². The number of halogens is 2. The van der Waals surface area contributed by atoms with Gasteiger partial charge in [0.2, 0.25) is 0 Å². The van der Waals surface area contributed by atoms with Crippen molar-refractivity contribution in [3.63, 3.8) is 0 Å². The zero-order chi connectivity index (χ0) is 18.2. The molecular weight excluding hydrogens is 322 g/mol. The van der Waals surface area contributed by atoms with Crippen LogP contribution in [0.4, 0.5) is 13.6 Å². The maximum atomic E-state index is 13.6. The van der Waals surface area contributed by atoms with Crippen molar-refractivity contribution in [1.29, 1.82) is 0 Å². The lowest BCUT2D eigenvalue weighted by Gasteiger charge is -2.47. The summed E-state index contributed by atoms with van der Waals surface area (Å²) in [5.74, 6) is -1.79. The first-order valence-electron chi connectivity index (χ1n) is 8.36. The van der Waals surface area contributed by atoms with Crippen LogP contribution in [0.15, 0.2) is 48.5 Å². The Morgan fingerprint density at radius 3 is 2.44 bits per heavy atom. The van der Waals surface area contributed by atoms with Gasteiger partial charge in [-0.25, -0.2) is 13.6 Å². The highest BCUT2D eigenvalue weighted by atomic mass is 19.2. The van der Waals surface area contributed by atoms with Gasteiger partial charge in [0, 0.05) is 12.0 Å². The third-order valence-corrected chi connectivity index (χ3v) is 4.91. The summed E-state index contributed by atoms with van der Waals surface area (Å²) in [6.45, 7) is 6.54. The number of carbonyl (C=O) groups is 1. The molecular formula is C20H22F2N2O. The van der Waals surface area contributed by atoms with Crippen LogP contribution in [0, 0.1) is 17.0 Å². The van der Waals surface area contributed by atoms with Crippen LogP contribution in [-0.2, 0) is 0 Å². The summed E-state index contributed by atoms with van der Waals surface area (Å²) in [5, 5.41) is 2.97. The van der Waals surface area contributed by atoms with Crippen molar-refractivity contribution in [3.05, 3.63) is 71.3 Å². The second-order valence-electron chi connectivity index (χ2n) is 7.26. The Bertz CT molecular complexity index is 777. The summed E-state index contributed by atoms with van der Waals surface area (Å²) < 4.78 is 26.8. The SMILES string of the molecule is C[C@H](c1ccccc1)N1CC(C)(C)C(c2ccc(F)c(F)c2)NC1=O. The van der Waals surface area contributed by atoms with Crippen LogP contribution >= 0.6 is 0 Å². The maximum Gasteiger partial charge on any atom is 0.318 e. The zero-order valence-corrected chi connectivity index (χ0v) is 14.6. The lowest BCUT2D eigenvalue weighted by molar-refractivity contribution is 0.0835. The first kappa shape index (κ1) is 17.4. The summed E-state index contributed by atoms with van der Waals surface area (Å²) in [4.78, 5) is 14.5. The van der Waals surface area contributed by atoms with Gasteiger partial charge in [0.1, 0.15) is 0 Å². The van der Waals surface area contributed by atoms with E-state index in [-0.39, 0.29) is 23.5 Å². The molecule has 1 heterocycles. The second-order valence-corrected chi connectivity index (χ2v) is 7.26. The van der Waals surface area contributed by atoms with E-state index in [1.54, 1.807) is 4.90 Å². The fourth-order valence-electron chi connectivity index (χ4n) is 3.45. The molecule has 25 heavy (non-hydrogen) atoms. The lowest BCUT2D eigenvalue weighted by atomic mass is 9.78. The van der Waals surface area contributed by atoms with Crippen molar-refractivity contribution in [2.24, 2.45) is 5.41 Å². The summed E-state index contributed by atoms with van der Waals surface area (Å²) in [7, 11) is 0. The summed E-state index contributed by atoms with van der Waals surface area (Å²) in [6, 6.07) is 13.0. The van der Waals surface area contributed by atoms with Crippen molar-refractivity contribution in [3.8, 4) is 0 Å². The molecule has 0 spiro atoms. The predicted molar refractivity (Wildman–Crippen MR) is 93.0 cm³/mol. The topological polar surface area (TPSA) is 32.3 Å². The van der Waals surface area contributed by atoms with Crippen molar-refractivity contribution >= 4 is 6.03 Å². The minimum absolute atomic E-state index is 0.0774. The normalized spacial score (nSPS) is 20.9. The number of benzene rings is 2. The van der Waals surface area contributed by atoms with E-state index in [9.17, 15) is 13.6 Å². The zero-order valence-electron chi connectivity index (χ0n) is 14.6. The molecule has 2 aromatic carbocycles. The van der Waals surface area contributed by atoms with E-state index in [0.29, 0.717) is 12.1 Å². The molecule has 0 aromatic heterocycles. The molecule has 1 N–H and O–H groups in total. The Kier molecular flexibility index (Phi) is 4.50. The van der Waals surface area contributed by atoms with E-state index in [4.69, 9.17) is 0 Å². The molecule has 0 aliphatic carbocycles. The average Bonchev–Trinajstić information content (AvgIpc) is 2.59. The minimum atomic E-state index is -0.900. The molecule has 1 aliphatic rings. The van der Waals surface area contributed by atoms with E-state index in [2.05, 4.69) is 5.32 Å². The largest absolute Gasteiger partial charge is 0.331 e. The smallest absolute Gasteiger partial charge is 0.318 e. The molecule has 1 unspecified atom stereocenters. The van der Waals surface area contributed by atoms with Gasteiger partial charge >= 0.3 is 6.03 Å². The summed E-state index contributed by atoms with van der Waals surface area (Å²) in [5.41, 5.74) is 1.28. The molecule has 0 bridgehead atoms. The van der Waals surface area contributed by atoms with Crippen LogP contribution in [0.3, 0.4) is 0 Å². The van der Waals surface area contributed by atoms with E-state index in [1.807, 2.05) is 51.1 Å². The molecule has 2 aromatic rings. The number of amides is 2. The first-order chi connectivity index (χ1) is 11.8. The molecule has 5 heteroatoms. The van der Waals surface area contributed by atoms with Gasteiger partial charge in [-0.15, -0.1) is 0 Å². The Hall–Kier alpha value is -2.43. The third kappa shape index (κ3) is 3.36. The van der Waals surface area contributed by atoms with Crippen molar-refractivity contribution in [2.75, 3.05) is 6.54 Å². The van der Waals surface area contributed by atoms with Gasteiger partial charge in [-0.2, -0.15) is 0 Å². The summed E-state index contributed by atoms with van der Waals surface area (Å²) >= 11 is 0. The lowest BCUT2D eigenvalue weighted by Crippen LogP contribution is -2.56. The van der Waals surface area contributed by atoms with Crippen molar-refractivity contribution in [1.82, 2.24) is 10.2 Å².